The molecule has 0 amide bonds. The van der Waals surface area contributed by atoms with Crippen LogP contribution in [0, 0.1) is 13.8 Å². The summed E-state index contributed by atoms with van der Waals surface area (Å²) in [5, 5.41) is 14.8. The molecule has 1 aliphatic carbocycles. The molecule has 1 aliphatic rings. The summed E-state index contributed by atoms with van der Waals surface area (Å²) in [6, 6.07) is 0.136. The third kappa shape index (κ3) is 2.38. The molecule has 3 N–H and O–H groups in total. The van der Waals surface area contributed by atoms with E-state index in [9.17, 15) is 5.11 Å². The lowest BCUT2D eigenvalue weighted by molar-refractivity contribution is 0.0977. The molecular weight excluding hydrogens is 214 g/mol. The van der Waals surface area contributed by atoms with Gasteiger partial charge in [-0.1, -0.05) is 19.3 Å². The third-order valence-electron chi connectivity index (χ3n) is 3.94. The maximum absolute atomic E-state index is 10.2. The monoisotopic (exact) mass is 237 g/mol. The van der Waals surface area contributed by atoms with E-state index in [1.165, 1.54) is 12.8 Å². The summed E-state index contributed by atoms with van der Waals surface area (Å²) >= 11 is 0. The lowest BCUT2D eigenvalue weighted by Gasteiger charge is -2.22. The molecule has 1 aromatic heterocycles. The van der Waals surface area contributed by atoms with Gasteiger partial charge >= 0.3 is 0 Å². The Bertz CT molecular complexity index is 386. The fraction of sp³-hybridized carbons (Fsp3) is 0.769. The van der Waals surface area contributed by atoms with E-state index >= 15 is 0 Å². The molecule has 17 heavy (non-hydrogen) atoms. The second-order valence-electron chi connectivity index (χ2n) is 5.07. The van der Waals surface area contributed by atoms with Crippen molar-refractivity contribution in [1.82, 2.24) is 9.78 Å². The first-order valence-electron chi connectivity index (χ1n) is 6.58. The zero-order chi connectivity index (χ0) is 12.4. The SMILES string of the molecule is Cc1nn(C2CCCCCC2O)c(C)c1CN. The van der Waals surface area contributed by atoms with Crippen molar-refractivity contribution in [1.29, 1.82) is 0 Å². The number of hydrogen-bond donors (Lipinski definition) is 2. The number of aliphatic hydroxyl groups excluding tert-OH is 1. The van der Waals surface area contributed by atoms with Gasteiger partial charge in [0, 0.05) is 17.8 Å². The maximum atomic E-state index is 10.2. The summed E-state index contributed by atoms with van der Waals surface area (Å²) in [6.07, 6.45) is 5.17. The Morgan fingerprint density at radius 2 is 2.00 bits per heavy atom. The van der Waals surface area contributed by atoms with Crippen LogP contribution >= 0.6 is 0 Å². The molecule has 96 valence electrons. The van der Waals surface area contributed by atoms with E-state index in [0.717, 1.165) is 36.2 Å². The van der Waals surface area contributed by atoms with Crippen molar-refractivity contribution in [3.8, 4) is 0 Å². The predicted octanol–water partition coefficient (Wildman–Crippen LogP) is 1.82. The van der Waals surface area contributed by atoms with Crippen LogP contribution in [0.4, 0.5) is 0 Å². The molecule has 0 saturated heterocycles. The molecule has 0 aliphatic heterocycles. The van der Waals surface area contributed by atoms with Gasteiger partial charge in [-0.05, 0) is 26.7 Å². The second-order valence-corrected chi connectivity index (χ2v) is 5.07. The van der Waals surface area contributed by atoms with E-state index in [2.05, 4.69) is 12.0 Å². The molecule has 0 bridgehead atoms. The summed E-state index contributed by atoms with van der Waals surface area (Å²) in [5.41, 5.74) is 8.99. The summed E-state index contributed by atoms with van der Waals surface area (Å²) in [7, 11) is 0. The Morgan fingerprint density at radius 3 is 2.65 bits per heavy atom. The minimum absolute atomic E-state index is 0.136. The normalized spacial score (nSPS) is 25.9. The highest BCUT2D eigenvalue weighted by Gasteiger charge is 2.26. The Morgan fingerprint density at radius 1 is 1.29 bits per heavy atom. The first kappa shape index (κ1) is 12.6. The highest BCUT2D eigenvalue weighted by atomic mass is 16.3. The molecule has 1 saturated carbocycles. The standard InChI is InChI=1S/C13H23N3O/c1-9-11(8-14)10(2)16(15-9)12-6-4-3-5-7-13(12)17/h12-13,17H,3-8,14H2,1-2H3. The van der Waals surface area contributed by atoms with E-state index in [0.29, 0.717) is 6.54 Å². The van der Waals surface area contributed by atoms with Crippen LogP contribution in [0.25, 0.3) is 0 Å². The minimum atomic E-state index is -0.263. The Hall–Kier alpha value is -0.870. The largest absolute Gasteiger partial charge is 0.391 e. The smallest absolute Gasteiger partial charge is 0.0781 e. The van der Waals surface area contributed by atoms with Crippen LogP contribution in [0.5, 0.6) is 0 Å². The van der Waals surface area contributed by atoms with Crippen molar-refractivity contribution < 1.29 is 5.11 Å². The van der Waals surface area contributed by atoms with Gasteiger partial charge in [0.1, 0.15) is 0 Å². The number of aliphatic hydroxyl groups is 1. The molecule has 0 radical (unpaired) electrons. The molecular formula is C13H23N3O. The lowest BCUT2D eigenvalue weighted by Crippen LogP contribution is -2.25. The fourth-order valence-corrected chi connectivity index (χ4v) is 2.87. The van der Waals surface area contributed by atoms with Crippen LogP contribution < -0.4 is 5.73 Å². The minimum Gasteiger partial charge on any atom is -0.391 e. The number of nitrogens with zero attached hydrogens (tertiary/aromatic N) is 2. The van der Waals surface area contributed by atoms with Crippen LogP contribution in [0.15, 0.2) is 0 Å². The van der Waals surface area contributed by atoms with E-state index in [1.807, 2.05) is 11.6 Å². The highest BCUT2D eigenvalue weighted by Crippen LogP contribution is 2.29. The van der Waals surface area contributed by atoms with Gasteiger partial charge in [-0.2, -0.15) is 5.10 Å². The van der Waals surface area contributed by atoms with Gasteiger partial charge in [-0.25, -0.2) is 0 Å². The molecule has 2 atom stereocenters. The van der Waals surface area contributed by atoms with Gasteiger partial charge in [0.25, 0.3) is 0 Å². The first-order valence-corrected chi connectivity index (χ1v) is 6.58. The van der Waals surface area contributed by atoms with Crippen molar-refractivity contribution in [3.05, 3.63) is 17.0 Å². The number of aromatic nitrogens is 2. The molecule has 1 fully saturated rings. The lowest BCUT2D eigenvalue weighted by atomic mass is 10.1. The molecule has 4 heteroatoms. The number of rotatable bonds is 2. The van der Waals surface area contributed by atoms with Gasteiger partial charge < -0.3 is 10.8 Å². The topological polar surface area (TPSA) is 64.1 Å². The van der Waals surface area contributed by atoms with Crippen LogP contribution in [-0.2, 0) is 6.54 Å². The summed E-state index contributed by atoms with van der Waals surface area (Å²) < 4.78 is 2.01. The van der Waals surface area contributed by atoms with E-state index in [1.54, 1.807) is 0 Å². The van der Waals surface area contributed by atoms with Gasteiger partial charge in [0.2, 0.25) is 0 Å². The molecule has 0 spiro atoms. The molecule has 2 rings (SSSR count). The zero-order valence-corrected chi connectivity index (χ0v) is 10.8. The van der Waals surface area contributed by atoms with Crippen LogP contribution in [0.2, 0.25) is 0 Å². The average Bonchev–Trinajstić information content (AvgIpc) is 2.48. The molecule has 0 aromatic carbocycles. The van der Waals surface area contributed by atoms with E-state index < -0.39 is 0 Å². The second kappa shape index (κ2) is 5.19. The highest BCUT2D eigenvalue weighted by molar-refractivity contribution is 5.24. The Labute approximate surface area is 103 Å². The maximum Gasteiger partial charge on any atom is 0.0781 e. The third-order valence-corrected chi connectivity index (χ3v) is 3.94. The van der Waals surface area contributed by atoms with Gasteiger partial charge in [0.15, 0.2) is 0 Å². The van der Waals surface area contributed by atoms with Gasteiger partial charge in [0.05, 0.1) is 17.8 Å². The van der Waals surface area contributed by atoms with Crippen molar-refractivity contribution in [3.63, 3.8) is 0 Å². The molecule has 4 nitrogen and oxygen atoms in total. The van der Waals surface area contributed by atoms with Crippen molar-refractivity contribution in [2.24, 2.45) is 5.73 Å². The fourth-order valence-electron chi connectivity index (χ4n) is 2.87. The molecule has 1 heterocycles. The van der Waals surface area contributed by atoms with Crippen LogP contribution in [0.1, 0.15) is 55.1 Å². The quantitative estimate of drug-likeness (QED) is 0.771. The summed E-state index contributed by atoms with van der Waals surface area (Å²) in [5.74, 6) is 0. The van der Waals surface area contributed by atoms with Crippen LogP contribution in [0.3, 0.4) is 0 Å². The summed E-state index contributed by atoms with van der Waals surface area (Å²) in [6.45, 7) is 4.58. The van der Waals surface area contributed by atoms with Crippen molar-refractivity contribution in [2.75, 3.05) is 0 Å². The van der Waals surface area contributed by atoms with E-state index in [-0.39, 0.29) is 12.1 Å². The van der Waals surface area contributed by atoms with Gasteiger partial charge in [-0.15, -0.1) is 0 Å². The zero-order valence-electron chi connectivity index (χ0n) is 10.8. The van der Waals surface area contributed by atoms with E-state index in [4.69, 9.17) is 5.73 Å². The predicted molar refractivity (Wildman–Crippen MR) is 67.7 cm³/mol. The average molecular weight is 237 g/mol. The molecule has 1 aromatic rings. The first-order chi connectivity index (χ1) is 8.15. The number of nitrogens with two attached hydrogens (primary N) is 1. The molecule has 2 unspecified atom stereocenters. The number of aryl methyl sites for hydroxylation is 1. The summed E-state index contributed by atoms with van der Waals surface area (Å²) in [4.78, 5) is 0. The Balaban J connectivity index is 2.31. The van der Waals surface area contributed by atoms with Crippen molar-refractivity contribution >= 4 is 0 Å². The Kier molecular flexibility index (Phi) is 3.84. The van der Waals surface area contributed by atoms with Gasteiger partial charge in [-0.3, -0.25) is 4.68 Å². The van der Waals surface area contributed by atoms with Crippen LogP contribution in [-0.4, -0.2) is 21.0 Å². The number of hydrogen-bond acceptors (Lipinski definition) is 3. The van der Waals surface area contributed by atoms with Crippen molar-refractivity contribution in [2.45, 2.75) is 64.6 Å².